The first-order chi connectivity index (χ1) is 7.27. The molecule has 2 aromatic rings. The van der Waals surface area contributed by atoms with Crippen LogP contribution in [0.1, 0.15) is 4.88 Å². The zero-order valence-corrected chi connectivity index (χ0v) is 9.37. The molecule has 0 aromatic carbocycles. The number of hydrogen-bond acceptors (Lipinski definition) is 4. The van der Waals surface area contributed by atoms with Gasteiger partial charge in [0.2, 0.25) is 0 Å². The number of hydrogen-bond donors (Lipinski definition) is 1. The van der Waals surface area contributed by atoms with Crippen LogP contribution in [-0.4, -0.2) is 12.0 Å². The molecule has 4 heteroatoms. The third-order valence-corrected chi connectivity index (χ3v) is 3.06. The van der Waals surface area contributed by atoms with Crippen molar-refractivity contribution in [1.29, 1.82) is 0 Å². The lowest BCUT2D eigenvalue weighted by Crippen LogP contribution is -2.17. The van der Waals surface area contributed by atoms with Gasteiger partial charge in [0.15, 0.2) is 0 Å². The second kappa shape index (κ2) is 4.31. The second-order valence-corrected chi connectivity index (χ2v) is 4.38. The van der Waals surface area contributed by atoms with Gasteiger partial charge in [-0.05, 0) is 23.6 Å². The van der Waals surface area contributed by atoms with Crippen molar-refractivity contribution in [2.45, 2.75) is 6.54 Å². The van der Waals surface area contributed by atoms with Crippen molar-refractivity contribution in [2.24, 2.45) is 0 Å². The van der Waals surface area contributed by atoms with Crippen LogP contribution in [0.3, 0.4) is 0 Å². The summed E-state index contributed by atoms with van der Waals surface area (Å²) in [4.78, 5) is 7.49. The number of nitrogens with two attached hydrogens (primary N) is 1. The molecule has 0 aliphatic heterocycles. The molecule has 0 amide bonds. The van der Waals surface area contributed by atoms with Crippen LogP contribution in [0.5, 0.6) is 0 Å². The molecule has 0 bridgehead atoms. The molecule has 0 saturated carbocycles. The van der Waals surface area contributed by atoms with Gasteiger partial charge >= 0.3 is 0 Å². The molecule has 0 atom stereocenters. The summed E-state index contributed by atoms with van der Waals surface area (Å²) in [5, 5.41) is 2.08. The summed E-state index contributed by atoms with van der Waals surface area (Å²) in [6.45, 7) is 0.869. The Kier molecular flexibility index (Phi) is 2.87. The molecule has 0 unspecified atom stereocenters. The van der Waals surface area contributed by atoms with Crippen LogP contribution >= 0.6 is 11.3 Å². The number of rotatable bonds is 3. The highest BCUT2D eigenvalue weighted by Gasteiger charge is 2.06. The van der Waals surface area contributed by atoms with Gasteiger partial charge in [0.1, 0.15) is 5.82 Å². The third-order valence-electron chi connectivity index (χ3n) is 2.20. The smallest absolute Gasteiger partial charge is 0.146 e. The van der Waals surface area contributed by atoms with Crippen LogP contribution in [-0.2, 0) is 6.54 Å². The minimum atomic E-state index is 0.580. The quantitative estimate of drug-likeness (QED) is 0.861. The molecule has 0 aliphatic rings. The van der Waals surface area contributed by atoms with Gasteiger partial charge in [-0.15, -0.1) is 11.3 Å². The molecule has 2 heterocycles. The number of nitrogens with zero attached hydrogens (tertiary/aromatic N) is 2. The molecule has 0 aliphatic carbocycles. The normalized spacial score (nSPS) is 10.2. The monoisotopic (exact) mass is 219 g/mol. The molecule has 2 rings (SSSR count). The third kappa shape index (κ3) is 2.27. The maximum absolute atomic E-state index is 5.80. The zero-order valence-electron chi connectivity index (χ0n) is 8.55. The average Bonchev–Trinajstić information content (AvgIpc) is 2.71. The van der Waals surface area contributed by atoms with E-state index in [1.54, 1.807) is 17.5 Å². The van der Waals surface area contributed by atoms with E-state index in [9.17, 15) is 0 Å². The maximum Gasteiger partial charge on any atom is 0.146 e. The lowest BCUT2D eigenvalue weighted by molar-refractivity contribution is 0.937. The second-order valence-electron chi connectivity index (χ2n) is 3.34. The minimum absolute atomic E-state index is 0.580. The number of thiophene rings is 1. The first-order valence-electron chi connectivity index (χ1n) is 4.71. The lowest BCUT2D eigenvalue weighted by atomic mass is 10.3. The van der Waals surface area contributed by atoms with E-state index in [-0.39, 0.29) is 0 Å². The van der Waals surface area contributed by atoms with Gasteiger partial charge in [0, 0.05) is 18.1 Å². The Bertz CT molecular complexity index is 425. The van der Waals surface area contributed by atoms with E-state index in [0.717, 1.165) is 12.2 Å². The van der Waals surface area contributed by atoms with E-state index in [1.807, 2.05) is 19.2 Å². The highest BCUT2D eigenvalue weighted by Crippen LogP contribution is 2.21. The molecule has 78 valence electrons. The fourth-order valence-corrected chi connectivity index (χ4v) is 2.21. The van der Waals surface area contributed by atoms with Crippen molar-refractivity contribution in [1.82, 2.24) is 4.98 Å². The number of pyridine rings is 1. The van der Waals surface area contributed by atoms with Gasteiger partial charge in [-0.3, -0.25) is 0 Å². The lowest BCUT2D eigenvalue weighted by Gasteiger charge is -2.19. The van der Waals surface area contributed by atoms with E-state index in [2.05, 4.69) is 27.4 Å². The molecule has 3 nitrogen and oxygen atoms in total. The summed E-state index contributed by atoms with van der Waals surface area (Å²) in [6.07, 6.45) is 1.71. The van der Waals surface area contributed by atoms with Crippen molar-refractivity contribution in [2.75, 3.05) is 17.7 Å². The van der Waals surface area contributed by atoms with E-state index in [1.165, 1.54) is 4.88 Å². The van der Waals surface area contributed by atoms with E-state index >= 15 is 0 Å². The predicted molar refractivity (Wildman–Crippen MR) is 65.1 cm³/mol. The van der Waals surface area contributed by atoms with Crippen LogP contribution in [0.4, 0.5) is 11.5 Å². The Balaban J connectivity index is 2.15. The standard InChI is InChI=1S/C11H13N3S/c1-14(8-9-4-3-7-15-9)10-5-2-6-13-11(10)12/h2-7H,8H2,1H3,(H2,12,13). The number of aromatic nitrogens is 1. The Labute approximate surface area is 93.2 Å². The van der Waals surface area contributed by atoms with Crippen molar-refractivity contribution < 1.29 is 0 Å². The Hall–Kier alpha value is -1.55. The maximum atomic E-state index is 5.80. The van der Waals surface area contributed by atoms with Gasteiger partial charge in [-0.1, -0.05) is 6.07 Å². The Morgan fingerprint density at radius 2 is 2.27 bits per heavy atom. The SMILES string of the molecule is CN(Cc1cccs1)c1cccnc1N. The van der Waals surface area contributed by atoms with Crippen LogP contribution in [0.15, 0.2) is 35.8 Å². The Morgan fingerprint density at radius 3 is 2.93 bits per heavy atom. The van der Waals surface area contributed by atoms with Gasteiger partial charge in [0.25, 0.3) is 0 Å². The first kappa shape index (κ1) is 9.98. The molecule has 0 saturated heterocycles. The van der Waals surface area contributed by atoms with Crippen LogP contribution in [0, 0.1) is 0 Å². The summed E-state index contributed by atoms with van der Waals surface area (Å²) in [5.74, 6) is 0.580. The number of nitrogen functional groups attached to an aromatic ring is 1. The molecular formula is C11H13N3S. The predicted octanol–water partition coefficient (Wildman–Crippen LogP) is 2.36. The van der Waals surface area contributed by atoms with Gasteiger partial charge in [-0.2, -0.15) is 0 Å². The van der Waals surface area contributed by atoms with Crippen LogP contribution in [0.2, 0.25) is 0 Å². The summed E-state index contributed by atoms with van der Waals surface area (Å²) in [7, 11) is 2.02. The van der Waals surface area contributed by atoms with Crippen molar-refractivity contribution >= 4 is 22.8 Å². The van der Waals surface area contributed by atoms with Crippen LogP contribution in [0.25, 0.3) is 0 Å². The van der Waals surface area contributed by atoms with E-state index in [4.69, 9.17) is 5.73 Å². The van der Waals surface area contributed by atoms with Gasteiger partial charge in [-0.25, -0.2) is 4.98 Å². The summed E-state index contributed by atoms with van der Waals surface area (Å²) in [6, 6.07) is 8.06. The van der Waals surface area contributed by atoms with Crippen molar-refractivity contribution in [3.05, 3.63) is 40.7 Å². The largest absolute Gasteiger partial charge is 0.382 e. The average molecular weight is 219 g/mol. The molecule has 2 N–H and O–H groups in total. The molecule has 0 radical (unpaired) electrons. The van der Waals surface area contributed by atoms with Gasteiger partial charge in [0.05, 0.1) is 12.2 Å². The summed E-state index contributed by atoms with van der Waals surface area (Å²) < 4.78 is 0. The molecule has 0 fully saturated rings. The van der Waals surface area contributed by atoms with E-state index in [0.29, 0.717) is 5.82 Å². The van der Waals surface area contributed by atoms with E-state index < -0.39 is 0 Å². The minimum Gasteiger partial charge on any atom is -0.382 e. The molecule has 2 aromatic heterocycles. The van der Waals surface area contributed by atoms with Gasteiger partial charge < -0.3 is 10.6 Å². The fourth-order valence-electron chi connectivity index (χ4n) is 1.45. The molecule has 15 heavy (non-hydrogen) atoms. The zero-order chi connectivity index (χ0) is 10.7. The highest BCUT2D eigenvalue weighted by atomic mass is 32.1. The fraction of sp³-hybridized carbons (Fsp3) is 0.182. The highest BCUT2D eigenvalue weighted by molar-refractivity contribution is 7.09. The Morgan fingerprint density at radius 1 is 1.40 bits per heavy atom. The number of anilines is 2. The molecular weight excluding hydrogens is 206 g/mol. The topological polar surface area (TPSA) is 42.2 Å². The van der Waals surface area contributed by atoms with Crippen LogP contribution < -0.4 is 10.6 Å². The van der Waals surface area contributed by atoms with Crippen molar-refractivity contribution in [3.8, 4) is 0 Å². The first-order valence-corrected chi connectivity index (χ1v) is 5.59. The summed E-state index contributed by atoms with van der Waals surface area (Å²) in [5.41, 5.74) is 6.78. The van der Waals surface area contributed by atoms with Crippen molar-refractivity contribution in [3.63, 3.8) is 0 Å². The molecule has 0 spiro atoms. The summed E-state index contributed by atoms with van der Waals surface area (Å²) >= 11 is 1.75.